The Balaban J connectivity index is 2.44. The minimum Gasteiger partial charge on any atom is -0.455 e. The molecule has 104 valence electrons. The van der Waals surface area contributed by atoms with Crippen LogP contribution >= 0.6 is 39.1 Å². The summed E-state index contributed by atoms with van der Waals surface area (Å²) in [6.45, 7) is 0. The molecule has 0 aliphatic rings. The topological polar surface area (TPSA) is 67.8 Å². The van der Waals surface area contributed by atoms with Crippen molar-refractivity contribution in [2.45, 2.75) is 0 Å². The van der Waals surface area contributed by atoms with Gasteiger partial charge in [-0.3, -0.25) is 0 Å². The van der Waals surface area contributed by atoms with Crippen LogP contribution in [0.2, 0.25) is 10.0 Å². The Bertz CT molecular complexity index is 677. The average Bonchev–Trinajstić information content (AvgIpc) is 2.41. The monoisotopic (exact) mass is 374 g/mol. The molecular formula is C13H9BrCl2N2O2. The first-order chi connectivity index (χ1) is 9.51. The van der Waals surface area contributed by atoms with E-state index in [1.165, 1.54) is 0 Å². The number of nitrogens with two attached hydrogens (primary N) is 1. The number of halogens is 3. The van der Waals surface area contributed by atoms with Gasteiger partial charge < -0.3 is 15.7 Å². The molecule has 0 aromatic heterocycles. The quantitative estimate of drug-likeness (QED) is 0.355. The SMILES string of the molecule is NC(=NO)c1ccc(Cl)cc1Oc1ccc(Br)cc1Cl. The lowest BCUT2D eigenvalue weighted by Gasteiger charge is -2.12. The van der Waals surface area contributed by atoms with E-state index in [-0.39, 0.29) is 5.84 Å². The van der Waals surface area contributed by atoms with E-state index >= 15 is 0 Å². The molecule has 0 unspecified atom stereocenters. The van der Waals surface area contributed by atoms with Gasteiger partial charge >= 0.3 is 0 Å². The summed E-state index contributed by atoms with van der Waals surface area (Å²) in [5.74, 6) is 0.700. The Morgan fingerprint density at radius 1 is 1.15 bits per heavy atom. The summed E-state index contributed by atoms with van der Waals surface area (Å²) in [6.07, 6.45) is 0. The van der Waals surface area contributed by atoms with Crippen molar-refractivity contribution in [1.82, 2.24) is 0 Å². The van der Waals surface area contributed by atoms with Crippen LogP contribution < -0.4 is 10.5 Å². The van der Waals surface area contributed by atoms with E-state index in [1.807, 2.05) is 0 Å². The molecule has 0 fully saturated rings. The zero-order chi connectivity index (χ0) is 14.7. The number of oxime groups is 1. The minimum atomic E-state index is -0.0788. The third kappa shape index (κ3) is 3.36. The first-order valence-electron chi connectivity index (χ1n) is 5.41. The number of hydrogen-bond donors (Lipinski definition) is 2. The van der Waals surface area contributed by atoms with Crippen LogP contribution in [0.15, 0.2) is 46.0 Å². The lowest BCUT2D eigenvalue weighted by atomic mass is 10.2. The van der Waals surface area contributed by atoms with Gasteiger partial charge in [0.1, 0.15) is 11.5 Å². The van der Waals surface area contributed by atoms with Crippen molar-refractivity contribution in [3.05, 3.63) is 56.5 Å². The van der Waals surface area contributed by atoms with Gasteiger partial charge in [-0.05, 0) is 30.3 Å². The smallest absolute Gasteiger partial charge is 0.173 e. The highest BCUT2D eigenvalue weighted by Crippen LogP contribution is 2.34. The molecule has 2 rings (SSSR count). The van der Waals surface area contributed by atoms with Crippen molar-refractivity contribution in [3.63, 3.8) is 0 Å². The highest BCUT2D eigenvalue weighted by Gasteiger charge is 2.12. The Morgan fingerprint density at radius 3 is 2.55 bits per heavy atom. The molecule has 2 aromatic carbocycles. The molecule has 0 aliphatic heterocycles. The van der Waals surface area contributed by atoms with E-state index in [1.54, 1.807) is 36.4 Å². The van der Waals surface area contributed by atoms with Gasteiger partial charge in [-0.15, -0.1) is 0 Å². The van der Waals surface area contributed by atoms with Gasteiger partial charge in [0, 0.05) is 15.6 Å². The highest BCUT2D eigenvalue weighted by atomic mass is 79.9. The van der Waals surface area contributed by atoms with E-state index in [4.69, 9.17) is 38.9 Å². The molecule has 0 spiro atoms. The van der Waals surface area contributed by atoms with Crippen LogP contribution in [0.4, 0.5) is 0 Å². The number of amidine groups is 1. The highest BCUT2D eigenvalue weighted by molar-refractivity contribution is 9.10. The molecule has 0 bridgehead atoms. The summed E-state index contributed by atoms with van der Waals surface area (Å²) in [6, 6.07) is 9.96. The van der Waals surface area contributed by atoms with Gasteiger partial charge in [0.25, 0.3) is 0 Å². The molecule has 0 heterocycles. The molecule has 7 heteroatoms. The number of rotatable bonds is 3. The molecule has 20 heavy (non-hydrogen) atoms. The normalized spacial score (nSPS) is 11.4. The zero-order valence-corrected chi connectivity index (χ0v) is 13.1. The molecule has 0 radical (unpaired) electrons. The summed E-state index contributed by atoms with van der Waals surface area (Å²) >= 11 is 15.3. The van der Waals surface area contributed by atoms with Gasteiger partial charge in [0.2, 0.25) is 0 Å². The molecule has 0 saturated carbocycles. The van der Waals surface area contributed by atoms with Crippen molar-refractivity contribution in [2.24, 2.45) is 10.9 Å². The lowest BCUT2D eigenvalue weighted by molar-refractivity contribution is 0.318. The molecule has 3 N–H and O–H groups in total. The number of ether oxygens (including phenoxy) is 1. The third-order valence-corrected chi connectivity index (χ3v) is 3.46. The second kappa shape index (κ2) is 6.35. The largest absolute Gasteiger partial charge is 0.455 e. The van der Waals surface area contributed by atoms with Crippen molar-refractivity contribution in [1.29, 1.82) is 0 Å². The van der Waals surface area contributed by atoms with E-state index < -0.39 is 0 Å². The van der Waals surface area contributed by atoms with Gasteiger partial charge in [0.05, 0.1) is 10.6 Å². The number of benzene rings is 2. The minimum absolute atomic E-state index is 0.0788. The van der Waals surface area contributed by atoms with E-state index in [9.17, 15) is 0 Å². The molecule has 4 nitrogen and oxygen atoms in total. The molecular weight excluding hydrogens is 367 g/mol. The first kappa shape index (κ1) is 15.0. The van der Waals surface area contributed by atoms with Crippen LogP contribution in [0.3, 0.4) is 0 Å². The summed E-state index contributed by atoms with van der Waals surface area (Å²) in [5.41, 5.74) is 6.01. The van der Waals surface area contributed by atoms with Gasteiger partial charge in [-0.2, -0.15) is 0 Å². The predicted molar refractivity (Wildman–Crippen MR) is 83.2 cm³/mol. The predicted octanol–water partition coefficient (Wildman–Crippen LogP) is 4.64. The van der Waals surface area contributed by atoms with Crippen molar-refractivity contribution >= 4 is 45.0 Å². The Kier molecular flexibility index (Phi) is 4.75. The summed E-state index contributed by atoms with van der Waals surface area (Å²) in [7, 11) is 0. The Hall–Kier alpha value is -1.43. The number of hydrogen-bond acceptors (Lipinski definition) is 3. The number of nitrogens with zero attached hydrogens (tertiary/aromatic N) is 1. The fourth-order valence-corrected chi connectivity index (χ4v) is 2.40. The van der Waals surface area contributed by atoms with E-state index in [0.29, 0.717) is 27.1 Å². The van der Waals surface area contributed by atoms with Gasteiger partial charge in [-0.25, -0.2) is 0 Å². The van der Waals surface area contributed by atoms with E-state index in [2.05, 4.69) is 21.1 Å². The third-order valence-electron chi connectivity index (χ3n) is 2.44. The fourth-order valence-electron chi connectivity index (χ4n) is 1.52. The molecule has 0 saturated heterocycles. The maximum atomic E-state index is 8.78. The van der Waals surface area contributed by atoms with Crippen molar-refractivity contribution < 1.29 is 9.94 Å². The van der Waals surface area contributed by atoms with Crippen LogP contribution in [0, 0.1) is 0 Å². The van der Waals surface area contributed by atoms with Crippen LogP contribution in [-0.2, 0) is 0 Å². The first-order valence-corrected chi connectivity index (χ1v) is 6.96. The summed E-state index contributed by atoms with van der Waals surface area (Å²) in [4.78, 5) is 0. The van der Waals surface area contributed by atoms with E-state index in [0.717, 1.165) is 4.47 Å². The molecule has 0 aliphatic carbocycles. The Labute approximate surface area is 133 Å². The fraction of sp³-hybridized carbons (Fsp3) is 0. The van der Waals surface area contributed by atoms with Gasteiger partial charge in [0.15, 0.2) is 5.84 Å². The van der Waals surface area contributed by atoms with Crippen LogP contribution in [0.5, 0.6) is 11.5 Å². The molecule has 2 aromatic rings. The van der Waals surface area contributed by atoms with Crippen LogP contribution in [0.1, 0.15) is 5.56 Å². The average molecular weight is 376 g/mol. The van der Waals surface area contributed by atoms with Crippen molar-refractivity contribution in [3.8, 4) is 11.5 Å². The Morgan fingerprint density at radius 2 is 1.90 bits per heavy atom. The molecule has 0 atom stereocenters. The van der Waals surface area contributed by atoms with Crippen molar-refractivity contribution in [2.75, 3.05) is 0 Å². The molecule has 0 amide bonds. The summed E-state index contributed by atoms with van der Waals surface area (Å²) in [5, 5.41) is 12.6. The zero-order valence-electron chi connectivity index (χ0n) is 9.98. The van der Waals surface area contributed by atoms with Crippen LogP contribution in [-0.4, -0.2) is 11.0 Å². The second-order valence-corrected chi connectivity index (χ2v) is 5.56. The maximum Gasteiger partial charge on any atom is 0.173 e. The van der Waals surface area contributed by atoms with Crippen LogP contribution in [0.25, 0.3) is 0 Å². The van der Waals surface area contributed by atoms with Gasteiger partial charge in [-0.1, -0.05) is 44.3 Å². The summed E-state index contributed by atoms with van der Waals surface area (Å²) < 4.78 is 6.52. The lowest BCUT2D eigenvalue weighted by Crippen LogP contribution is -2.14. The second-order valence-electron chi connectivity index (χ2n) is 3.80. The maximum absolute atomic E-state index is 8.78. The standard InChI is InChI=1S/C13H9BrCl2N2O2/c14-7-1-4-11(10(16)5-7)20-12-6-8(15)2-3-9(12)13(17)18-19/h1-6,19H,(H2,17,18).